The summed E-state index contributed by atoms with van der Waals surface area (Å²) in [5.41, 5.74) is -0.490. The molecule has 0 bridgehead atoms. The second kappa shape index (κ2) is 6.91. The highest BCUT2D eigenvalue weighted by atomic mass is 35.5. The number of amides is 1. The fourth-order valence-electron chi connectivity index (χ4n) is 2.20. The number of carbonyl (C=O) groups excluding carboxylic acids is 1. The standard InChI is InChI=1S/C14H21ClN4O2S/c1-14(2,3)21-13(20)16-9-5-6-19(8-9)11-7-10(15)17-12(18-11)22-4/h7,9H,5-6,8H2,1-4H3,(H,16,20). The fraction of sp³-hybridized carbons (Fsp3) is 0.643. The van der Waals surface area contributed by atoms with E-state index in [0.717, 1.165) is 18.8 Å². The smallest absolute Gasteiger partial charge is 0.407 e. The lowest BCUT2D eigenvalue weighted by atomic mass is 10.2. The van der Waals surface area contributed by atoms with Crippen molar-refractivity contribution in [2.75, 3.05) is 24.2 Å². The van der Waals surface area contributed by atoms with E-state index < -0.39 is 5.60 Å². The van der Waals surface area contributed by atoms with Crippen molar-refractivity contribution < 1.29 is 9.53 Å². The molecule has 1 aliphatic rings. The highest BCUT2D eigenvalue weighted by Gasteiger charge is 2.27. The van der Waals surface area contributed by atoms with E-state index in [1.54, 1.807) is 6.07 Å². The molecule has 2 heterocycles. The van der Waals surface area contributed by atoms with Crippen LogP contribution in [0.3, 0.4) is 0 Å². The molecule has 1 aromatic rings. The summed E-state index contributed by atoms with van der Waals surface area (Å²) in [6, 6.07) is 1.79. The van der Waals surface area contributed by atoms with Crippen LogP contribution in [0.2, 0.25) is 5.15 Å². The number of rotatable bonds is 3. The summed E-state index contributed by atoms with van der Waals surface area (Å²) in [4.78, 5) is 22.5. The zero-order valence-electron chi connectivity index (χ0n) is 13.2. The third-order valence-corrected chi connectivity index (χ3v) is 3.82. The molecule has 1 fully saturated rings. The molecule has 8 heteroatoms. The number of hydrogen-bond donors (Lipinski definition) is 1. The van der Waals surface area contributed by atoms with Gasteiger partial charge in [-0.1, -0.05) is 23.4 Å². The largest absolute Gasteiger partial charge is 0.444 e. The number of ether oxygens (including phenoxy) is 1. The Labute approximate surface area is 140 Å². The monoisotopic (exact) mass is 344 g/mol. The topological polar surface area (TPSA) is 67.4 Å². The molecule has 2 rings (SSSR count). The van der Waals surface area contributed by atoms with Crippen LogP contribution in [0.1, 0.15) is 27.2 Å². The Morgan fingerprint density at radius 1 is 1.50 bits per heavy atom. The average molecular weight is 345 g/mol. The molecule has 0 spiro atoms. The van der Waals surface area contributed by atoms with E-state index in [0.29, 0.717) is 16.9 Å². The second-order valence-electron chi connectivity index (χ2n) is 6.11. The molecule has 1 aromatic heterocycles. The number of thioether (sulfide) groups is 1. The normalized spacial score (nSPS) is 18.4. The van der Waals surface area contributed by atoms with Crippen molar-refractivity contribution in [1.29, 1.82) is 0 Å². The molecule has 0 radical (unpaired) electrons. The van der Waals surface area contributed by atoms with E-state index in [9.17, 15) is 4.79 Å². The van der Waals surface area contributed by atoms with E-state index >= 15 is 0 Å². The molecule has 1 aliphatic heterocycles. The van der Waals surface area contributed by atoms with Crippen LogP contribution in [-0.4, -0.2) is 47.0 Å². The molecule has 0 aromatic carbocycles. The van der Waals surface area contributed by atoms with Gasteiger partial charge in [0.2, 0.25) is 0 Å². The maximum atomic E-state index is 11.8. The van der Waals surface area contributed by atoms with Crippen LogP contribution in [0.15, 0.2) is 11.2 Å². The molecular formula is C14H21ClN4O2S. The SMILES string of the molecule is CSc1nc(Cl)cc(N2CCC(NC(=O)OC(C)(C)C)C2)n1. The minimum absolute atomic E-state index is 0.0429. The lowest BCUT2D eigenvalue weighted by Gasteiger charge is -2.22. The number of anilines is 1. The lowest BCUT2D eigenvalue weighted by Crippen LogP contribution is -2.40. The van der Waals surface area contributed by atoms with Crippen LogP contribution < -0.4 is 10.2 Å². The molecule has 1 N–H and O–H groups in total. The first kappa shape index (κ1) is 17.1. The highest BCUT2D eigenvalue weighted by molar-refractivity contribution is 7.98. The Morgan fingerprint density at radius 2 is 2.23 bits per heavy atom. The second-order valence-corrected chi connectivity index (χ2v) is 7.27. The van der Waals surface area contributed by atoms with Gasteiger partial charge >= 0.3 is 6.09 Å². The Hall–Kier alpha value is -1.21. The molecule has 1 saturated heterocycles. The highest BCUT2D eigenvalue weighted by Crippen LogP contribution is 2.23. The van der Waals surface area contributed by atoms with Gasteiger partial charge < -0.3 is 15.0 Å². The summed E-state index contributed by atoms with van der Waals surface area (Å²) >= 11 is 7.47. The number of alkyl carbamates (subject to hydrolysis) is 1. The quantitative estimate of drug-likeness (QED) is 0.516. The predicted octanol–water partition coefficient (Wildman–Crippen LogP) is 2.96. The summed E-state index contributed by atoms with van der Waals surface area (Å²) < 4.78 is 5.28. The average Bonchev–Trinajstić information content (AvgIpc) is 2.84. The van der Waals surface area contributed by atoms with Gasteiger partial charge in [-0.3, -0.25) is 0 Å². The van der Waals surface area contributed by atoms with Crippen molar-refractivity contribution in [2.24, 2.45) is 0 Å². The van der Waals surface area contributed by atoms with Gasteiger partial charge in [0.05, 0.1) is 6.04 Å². The minimum Gasteiger partial charge on any atom is -0.444 e. The van der Waals surface area contributed by atoms with Gasteiger partial charge in [-0.25, -0.2) is 14.8 Å². The Balaban J connectivity index is 1.95. The third-order valence-electron chi connectivity index (χ3n) is 3.08. The van der Waals surface area contributed by atoms with Crippen molar-refractivity contribution in [2.45, 2.75) is 44.0 Å². The number of hydrogen-bond acceptors (Lipinski definition) is 6. The number of halogens is 1. The fourth-order valence-corrected chi connectivity index (χ4v) is 2.80. The van der Waals surface area contributed by atoms with Crippen LogP contribution in [0.25, 0.3) is 0 Å². The molecule has 1 amide bonds. The molecule has 122 valence electrons. The first-order valence-electron chi connectivity index (χ1n) is 7.10. The first-order chi connectivity index (χ1) is 10.3. The number of nitrogens with one attached hydrogen (secondary N) is 1. The Bertz CT molecular complexity index is 550. The van der Waals surface area contributed by atoms with E-state index in [4.69, 9.17) is 16.3 Å². The Kier molecular flexibility index (Phi) is 5.39. The predicted molar refractivity (Wildman–Crippen MR) is 88.8 cm³/mol. The van der Waals surface area contributed by atoms with E-state index in [1.807, 2.05) is 27.0 Å². The molecular weight excluding hydrogens is 324 g/mol. The van der Waals surface area contributed by atoms with Gasteiger partial charge in [0.25, 0.3) is 0 Å². The van der Waals surface area contributed by atoms with Crippen LogP contribution in [0.5, 0.6) is 0 Å². The van der Waals surface area contributed by atoms with Gasteiger partial charge in [0.15, 0.2) is 5.16 Å². The van der Waals surface area contributed by atoms with E-state index in [-0.39, 0.29) is 12.1 Å². The van der Waals surface area contributed by atoms with Crippen molar-refractivity contribution in [3.63, 3.8) is 0 Å². The number of nitrogens with zero attached hydrogens (tertiary/aromatic N) is 3. The van der Waals surface area contributed by atoms with Gasteiger partial charge in [-0.2, -0.15) is 0 Å². The maximum Gasteiger partial charge on any atom is 0.407 e. The van der Waals surface area contributed by atoms with E-state index in [1.165, 1.54) is 11.8 Å². The lowest BCUT2D eigenvalue weighted by molar-refractivity contribution is 0.0509. The van der Waals surface area contributed by atoms with Crippen LogP contribution in [-0.2, 0) is 4.74 Å². The van der Waals surface area contributed by atoms with E-state index in [2.05, 4.69) is 20.2 Å². The molecule has 0 saturated carbocycles. The summed E-state index contributed by atoms with van der Waals surface area (Å²) in [5, 5.41) is 3.97. The number of carbonyl (C=O) groups is 1. The molecule has 22 heavy (non-hydrogen) atoms. The summed E-state index contributed by atoms with van der Waals surface area (Å²) in [6.45, 7) is 7.03. The summed E-state index contributed by atoms with van der Waals surface area (Å²) in [6.07, 6.45) is 2.37. The zero-order chi connectivity index (χ0) is 16.3. The van der Waals surface area contributed by atoms with Gasteiger partial charge in [-0.05, 0) is 33.4 Å². The zero-order valence-corrected chi connectivity index (χ0v) is 14.8. The molecule has 6 nitrogen and oxygen atoms in total. The summed E-state index contributed by atoms with van der Waals surface area (Å²) in [5.74, 6) is 0.790. The van der Waals surface area contributed by atoms with Crippen molar-refractivity contribution in [1.82, 2.24) is 15.3 Å². The van der Waals surface area contributed by atoms with Gasteiger partial charge in [0, 0.05) is 19.2 Å². The number of aromatic nitrogens is 2. The molecule has 1 unspecified atom stereocenters. The molecule has 0 aliphatic carbocycles. The van der Waals surface area contributed by atoms with Gasteiger partial charge in [0.1, 0.15) is 16.6 Å². The third kappa shape index (κ3) is 4.91. The van der Waals surface area contributed by atoms with Crippen molar-refractivity contribution in [3.05, 3.63) is 11.2 Å². The maximum absolute atomic E-state index is 11.8. The van der Waals surface area contributed by atoms with Gasteiger partial charge in [-0.15, -0.1) is 0 Å². The van der Waals surface area contributed by atoms with Crippen molar-refractivity contribution >= 4 is 35.3 Å². The molecule has 1 atom stereocenters. The minimum atomic E-state index is -0.490. The van der Waals surface area contributed by atoms with Crippen molar-refractivity contribution in [3.8, 4) is 0 Å². The van der Waals surface area contributed by atoms with Crippen LogP contribution >= 0.6 is 23.4 Å². The first-order valence-corrected chi connectivity index (χ1v) is 8.70. The Morgan fingerprint density at radius 3 is 2.86 bits per heavy atom. The van der Waals surface area contributed by atoms with Crippen LogP contribution in [0, 0.1) is 0 Å². The van der Waals surface area contributed by atoms with Crippen LogP contribution in [0.4, 0.5) is 10.6 Å². The summed E-state index contributed by atoms with van der Waals surface area (Å²) in [7, 11) is 0.